The molecule has 0 radical (unpaired) electrons. The number of methoxy groups -OCH3 is 1. The Morgan fingerprint density at radius 3 is 3.00 bits per heavy atom. The molecule has 0 aliphatic carbocycles. The number of anilines is 1. The average Bonchev–Trinajstić information content (AvgIpc) is 2.36. The molecule has 2 N–H and O–H groups in total. The Labute approximate surface area is 101 Å². The molecule has 1 atom stereocenters. The van der Waals surface area contributed by atoms with Gasteiger partial charge in [0.25, 0.3) is 0 Å². The third-order valence-corrected chi connectivity index (χ3v) is 2.21. The second-order valence-corrected chi connectivity index (χ2v) is 3.52. The van der Waals surface area contributed by atoms with E-state index in [4.69, 9.17) is 11.2 Å². The largest absolute Gasteiger partial charge is 0.497 e. The van der Waals surface area contributed by atoms with Crippen molar-refractivity contribution < 1.29 is 9.53 Å². The van der Waals surface area contributed by atoms with E-state index in [9.17, 15) is 4.79 Å². The molecule has 1 aromatic carbocycles. The van der Waals surface area contributed by atoms with Crippen LogP contribution in [0.3, 0.4) is 0 Å². The van der Waals surface area contributed by atoms with Gasteiger partial charge in [-0.3, -0.25) is 4.79 Å². The van der Waals surface area contributed by atoms with Crippen LogP contribution >= 0.6 is 0 Å². The van der Waals surface area contributed by atoms with Gasteiger partial charge in [-0.2, -0.15) is 0 Å². The minimum atomic E-state index is -0.351. The summed E-state index contributed by atoms with van der Waals surface area (Å²) >= 11 is 0. The minimum absolute atomic E-state index is 0.134. The summed E-state index contributed by atoms with van der Waals surface area (Å²) in [4.78, 5) is 11.6. The first kappa shape index (κ1) is 12.9. The van der Waals surface area contributed by atoms with Gasteiger partial charge in [-0.15, -0.1) is 6.42 Å². The molecule has 90 valence electrons. The smallest absolute Gasteiger partial charge is 0.242 e. The van der Waals surface area contributed by atoms with E-state index in [-0.39, 0.29) is 18.5 Å². The van der Waals surface area contributed by atoms with E-state index in [0.717, 1.165) is 11.4 Å². The first-order chi connectivity index (χ1) is 8.17. The molecule has 0 bridgehead atoms. The SMILES string of the molecule is C#CCNC(=O)C(C)Nc1cccc(OC)c1. The van der Waals surface area contributed by atoms with Crippen molar-refractivity contribution in [2.45, 2.75) is 13.0 Å². The van der Waals surface area contributed by atoms with Gasteiger partial charge in [-0.1, -0.05) is 12.0 Å². The molecule has 1 amide bonds. The number of amides is 1. The van der Waals surface area contributed by atoms with Gasteiger partial charge in [-0.05, 0) is 19.1 Å². The van der Waals surface area contributed by atoms with Crippen LogP contribution < -0.4 is 15.4 Å². The van der Waals surface area contributed by atoms with Crippen LogP contribution in [0.1, 0.15) is 6.92 Å². The Morgan fingerprint density at radius 2 is 2.35 bits per heavy atom. The number of terminal acetylenes is 1. The fraction of sp³-hybridized carbons (Fsp3) is 0.308. The maximum atomic E-state index is 11.6. The third kappa shape index (κ3) is 4.07. The molecule has 0 heterocycles. The second-order valence-electron chi connectivity index (χ2n) is 3.52. The van der Waals surface area contributed by atoms with Crippen molar-refractivity contribution in [3.63, 3.8) is 0 Å². The summed E-state index contributed by atoms with van der Waals surface area (Å²) in [6.45, 7) is 2.01. The van der Waals surface area contributed by atoms with Gasteiger partial charge in [0.2, 0.25) is 5.91 Å². The number of benzene rings is 1. The van der Waals surface area contributed by atoms with Gasteiger partial charge < -0.3 is 15.4 Å². The van der Waals surface area contributed by atoms with Gasteiger partial charge in [0.15, 0.2) is 0 Å². The molecule has 4 nitrogen and oxygen atoms in total. The maximum Gasteiger partial charge on any atom is 0.242 e. The molecule has 0 saturated heterocycles. The van der Waals surface area contributed by atoms with Crippen molar-refractivity contribution >= 4 is 11.6 Å². The van der Waals surface area contributed by atoms with E-state index in [0.29, 0.717) is 0 Å². The van der Waals surface area contributed by atoms with Crippen molar-refractivity contribution in [1.82, 2.24) is 5.32 Å². The molecule has 0 aromatic heterocycles. The molecule has 0 aliphatic heterocycles. The van der Waals surface area contributed by atoms with Gasteiger partial charge in [0, 0.05) is 11.8 Å². The molecular formula is C13H16N2O2. The lowest BCUT2D eigenvalue weighted by atomic mass is 10.2. The molecular weight excluding hydrogens is 216 g/mol. The van der Waals surface area contributed by atoms with E-state index in [1.807, 2.05) is 24.3 Å². The summed E-state index contributed by atoms with van der Waals surface area (Å²) in [5.41, 5.74) is 0.827. The molecule has 1 unspecified atom stereocenters. The van der Waals surface area contributed by atoms with Crippen molar-refractivity contribution in [3.8, 4) is 18.1 Å². The zero-order valence-electron chi connectivity index (χ0n) is 9.99. The lowest BCUT2D eigenvalue weighted by Crippen LogP contribution is -2.37. The van der Waals surface area contributed by atoms with E-state index in [1.54, 1.807) is 14.0 Å². The number of carbonyl (C=O) groups excluding carboxylic acids is 1. The molecule has 0 saturated carbocycles. The highest BCUT2D eigenvalue weighted by Gasteiger charge is 2.11. The van der Waals surface area contributed by atoms with Gasteiger partial charge >= 0.3 is 0 Å². The molecule has 1 rings (SSSR count). The molecule has 4 heteroatoms. The predicted octanol–water partition coefficient (Wildman–Crippen LogP) is 1.24. The average molecular weight is 232 g/mol. The Balaban J connectivity index is 2.58. The van der Waals surface area contributed by atoms with Crippen LogP contribution in [0, 0.1) is 12.3 Å². The quantitative estimate of drug-likeness (QED) is 0.751. The van der Waals surface area contributed by atoms with E-state index in [1.165, 1.54) is 0 Å². The number of hydrogen-bond acceptors (Lipinski definition) is 3. The fourth-order valence-corrected chi connectivity index (χ4v) is 1.32. The number of carbonyl (C=O) groups is 1. The first-order valence-corrected chi connectivity index (χ1v) is 5.29. The predicted molar refractivity (Wildman–Crippen MR) is 67.9 cm³/mol. The normalized spacial score (nSPS) is 11.1. The Morgan fingerprint density at radius 1 is 1.59 bits per heavy atom. The standard InChI is InChI=1S/C13H16N2O2/c1-4-8-14-13(16)10(2)15-11-6-5-7-12(9-11)17-3/h1,5-7,9-10,15H,8H2,2-3H3,(H,14,16). The van der Waals surface area contributed by atoms with Crippen molar-refractivity contribution in [2.75, 3.05) is 19.0 Å². The first-order valence-electron chi connectivity index (χ1n) is 5.29. The van der Waals surface area contributed by atoms with Crippen LogP contribution in [0.25, 0.3) is 0 Å². The maximum absolute atomic E-state index is 11.6. The zero-order chi connectivity index (χ0) is 12.7. The van der Waals surface area contributed by atoms with Crippen LogP contribution in [-0.4, -0.2) is 25.6 Å². The van der Waals surface area contributed by atoms with Crippen molar-refractivity contribution in [2.24, 2.45) is 0 Å². The van der Waals surface area contributed by atoms with Crippen LogP contribution in [-0.2, 0) is 4.79 Å². The van der Waals surface area contributed by atoms with E-state index in [2.05, 4.69) is 16.6 Å². The molecule has 0 spiro atoms. The second kappa shape index (κ2) is 6.44. The number of rotatable bonds is 5. The van der Waals surface area contributed by atoms with Crippen LogP contribution in [0.4, 0.5) is 5.69 Å². The Hall–Kier alpha value is -2.15. The summed E-state index contributed by atoms with van der Waals surface area (Å²) in [5.74, 6) is 2.96. The molecule has 0 aliphatic rings. The summed E-state index contributed by atoms with van der Waals surface area (Å²) in [7, 11) is 1.60. The summed E-state index contributed by atoms with van der Waals surface area (Å²) in [6, 6.07) is 7.04. The van der Waals surface area contributed by atoms with Crippen LogP contribution in [0.2, 0.25) is 0 Å². The number of nitrogens with one attached hydrogen (secondary N) is 2. The van der Waals surface area contributed by atoms with Crippen molar-refractivity contribution in [1.29, 1.82) is 0 Å². The monoisotopic (exact) mass is 232 g/mol. The lowest BCUT2D eigenvalue weighted by molar-refractivity contribution is -0.121. The molecule has 0 fully saturated rings. The highest BCUT2D eigenvalue weighted by molar-refractivity contribution is 5.84. The topological polar surface area (TPSA) is 50.4 Å². The fourth-order valence-electron chi connectivity index (χ4n) is 1.32. The highest BCUT2D eigenvalue weighted by Crippen LogP contribution is 2.17. The number of ether oxygens (including phenoxy) is 1. The Kier molecular flexibility index (Phi) is 4.89. The molecule has 17 heavy (non-hydrogen) atoms. The lowest BCUT2D eigenvalue weighted by Gasteiger charge is -2.14. The minimum Gasteiger partial charge on any atom is -0.497 e. The van der Waals surface area contributed by atoms with Gasteiger partial charge in [0.05, 0.1) is 13.7 Å². The van der Waals surface area contributed by atoms with E-state index < -0.39 is 0 Å². The summed E-state index contributed by atoms with van der Waals surface area (Å²) < 4.78 is 5.09. The Bertz CT molecular complexity index is 424. The third-order valence-electron chi connectivity index (χ3n) is 2.21. The highest BCUT2D eigenvalue weighted by atomic mass is 16.5. The summed E-state index contributed by atoms with van der Waals surface area (Å²) in [6.07, 6.45) is 5.07. The van der Waals surface area contributed by atoms with Crippen LogP contribution in [0.5, 0.6) is 5.75 Å². The van der Waals surface area contributed by atoms with Gasteiger partial charge in [-0.25, -0.2) is 0 Å². The summed E-state index contributed by atoms with van der Waals surface area (Å²) in [5, 5.41) is 5.68. The van der Waals surface area contributed by atoms with Gasteiger partial charge in [0.1, 0.15) is 11.8 Å². The van der Waals surface area contributed by atoms with Crippen LogP contribution in [0.15, 0.2) is 24.3 Å². The zero-order valence-corrected chi connectivity index (χ0v) is 9.99. The number of hydrogen-bond donors (Lipinski definition) is 2. The van der Waals surface area contributed by atoms with Crippen molar-refractivity contribution in [3.05, 3.63) is 24.3 Å². The molecule has 1 aromatic rings. The van der Waals surface area contributed by atoms with E-state index >= 15 is 0 Å².